The summed E-state index contributed by atoms with van der Waals surface area (Å²) < 4.78 is 51.7. The van der Waals surface area contributed by atoms with Crippen molar-refractivity contribution in [3.8, 4) is 0 Å². The Hall–Kier alpha value is -1.63. The van der Waals surface area contributed by atoms with Gasteiger partial charge >= 0.3 is 6.18 Å². The summed E-state index contributed by atoms with van der Waals surface area (Å²) >= 11 is 0. The highest BCUT2D eigenvalue weighted by atomic mass is 19.4. The van der Waals surface area contributed by atoms with E-state index >= 15 is 0 Å². The zero-order valence-corrected chi connectivity index (χ0v) is 11.3. The van der Waals surface area contributed by atoms with E-state index in [1.807, 2.05) is 0 Å². The Balaban J connectivity index is 2.15. The number of nitrogens with one attached hydrogen (secondary N) is 2. The fraction of sp³-hybridized carbons (Fsp3) is 0.500. The largest absolute Gasteiger partial charge is 0.419 e. The van der Waals surface area contributed by atoms with E-state index in [2.05, 4.69) is 10.6 Å². The highest BCUT2D eigenvalue weighted by Gasteiger charge is 2.35. The lowest BCUT2D eigenvalue weighted by Gasteiger charge is -2.17. The summed E-state index contributed by atoms with van der Waals surface area (Å²) in [5.41, 5.74) is -2.00. The molecule has 1 aromatic carbocycles. The molecule has 1 heterocycles. The molecule has 0 saturated carbocycles. The van der Waals surface area contributed by atoms with E-state index < -0.39 is 29.0 Å². The second kappa shape index (κ2) is 6.43. The van der Waals surface area contributed by atoms with Gasteiger partial charge < -0.3 is 10.6 Å². The van der Waals surface area contributed by atoms with Crippen molar-refractivity contribution in [3.63, 3.8) is 0 Å². The number of alkyl halides is 3. The molecule has 0 radical (unpaired) electrons. The first-order valence-corrected chi connectivity index (χ1v) is 6.77. The maximum Gasteiger partial charge on any atom is 0.419 e. The first kappa shape index (κ1) is 15.8. The van der Waals surface area contributed by atoms with Gasteiger partial charge in [-0.3, -0.25) is 4.79 Å². The zero-order valence-electron chi connectivity index (χ0n) is 11.3. The average Bonchev–Trinajstić information content (AvgIpc) is 2.66. The van der Waals surface area contributed by atoms with Crippen LogP contribution in [-0.4, -0.2) is 25.0 Å². The first-order valence-electron chi connectivity index (χ1n) is 6.77. The van der Waals surface area contributed by atoms with E-state index in [1.54, 1.807) is 0 Å². The van der Waals surface area contributed by atoms with Gasteiger partial charge in [-0.1, -0.05) is 12.5 Å². The summed E-state index contributed by atoms with van der Waals surface area (Å²) in [6.07, 6.45) is -2.21. The third-order valence-electron chi connectivity index (χ3n) is 3.43. The monoisotopic (exact) mass is 304 g/mol. The van der Waals surface area contributed by atoms with E-state index in [-0.39, 0.29) is 6.04 Å². The van der Waals surface area contributed by atoms with Crippen molar-refractivity contribution in [3.05, 3.63) is 35.1 Å². The molecule has 2 rings (SSSR count). The third kappa shape index (κ3) is 3.93. The van der Waals surface area contributed by atoms with Crippen LogP contribution in [0.25, 0.3) is 0 Å². The predicted octanol–water partition coefficient (Wildman–Crippen LogP) is 2.72. The summed E-state index contributed by atoms with van der Waals surface area (Å²) in [6.45, 7) is 1.37. The first-order chi connectivity index (χ1) is 9.89. The summed E-state index contributed by atoms with van der Waals surface area (Å²) in [4.78, 5) is 12.0. The van der Waals surface area contributed by atoms with Crippen molar-refractivity contribution in [2.45, 2.75) is 31.5 Å². The Kier molecular flexibility index (Phi) is 4.82. The molecule has 0 aliphatic carbocycles. The molecule has 116 valence electrons. The van der Waals surface area contributed by atoms with Crippen LogP contribution in [0.1, 0.15) is 35.2 Å². The van der Waals surface area contributed by atoms with Gasteiger partial charge in [0.2, 0.25) is 0 Å². The molecule has 1 saturated heterocycles. The van der Waals surface area contributed by atoms with Crippen molar-refractivity contribution in [2.75, 3.05) is 13.1 Å². The molecule has 0 spiro atoms. The van der Waals surface area contributed by atoms with Crippen LogP contribution in [0.5, 0.6) is 0 Å². The highest BCUT2D eigenvalue weighted by Crippen LogP contribution is 2.32. The van der Waals surface area contributed by atoms with Gasteiger partial charge in [0.05, 0.1) is 11.1 Å². The fourth-order valence-corrected chi connectivity index (χ4v) is 2.33. The fourth-order valence-electron chi connectivity index (χ4n) is 2.33. The molecular weight excluding hydrogens is 288 g/mol. The number of hydrogen-bond donors (Lipinski definition) is 2. The van der Waals surface area contributed by atoms with Gasteiger partial charge in [-0.2, -0.15) is 13.2 Å². The molecule has 1 atom stereocenters. The van der Waals surface area contributed by atoms with E-state index in [4.69, 9.17) is 0 Å². The minimum atomic E-state index is -4.82. The minimum absolute atomic E-state index is 0.200. The number of carbonyl (C=O) groups excluding carboxylic acids is 1. The van der Waals surface area contributed by atoms with Crippen LogP contribution < -0.4 is 10.6 Å². The summed E-state index contributed by atoms with van der Waals surface area (Å²) in [5, 5.41) is 5.70. The van der Waals surface area contributed by atoms with Crippen LogP contribution in [0.3, 0.4) is 0 Å². The second-order valence-electron chi connectivity index (χ2n) is 5.04. The number of benzene rings is 1. The predicted molar refractivity (Wildman–Crippen MR) is 69.4 cm³/mol. The van der Waals surface area contributed by atoms with Crippen molar-refractivity contribution in [1.29, 1.82) is 0 Å². The zero-order chi connectivity index (χ0) is 15.5. The molecule has 1 aliphatic heterocycles. The van der Waals surface area contributed by atoms with Gasteiger partial charge in [0.25, 0.3) is 5.91 Å². The molecule has 2 N–H and O–H groups in total. The highest BCUT2D eigenvalue weighted by molar-refractivity contribution is 5.94. The lowest BCUT2D eigenvalue weighted by atomic mass is 10.1. The van der Waals surface area contributed by atoms with Crippen LogP contribution in [0, 0.1) is 5.82 Å². The molecule has 0 bridgehead atoms. The van der Waals surface area contributed by atoms with Crippen molar-refractivity contribution in [1.82, 2.24) is 10.6 Å². The number of halogens is 4. The number of hydrogen-bond acceptors (Lipinski definition) is 2. The van der Waals surface area contributed by atoms with Crippen molar-refractivity contribution < 1.29 is 22.4 Å². The molecule has 7 heteroatoms. The minimum Gasteiger partial charge on any atom is -0.348 e. The van der Waals surface area contributed by atoms with E-state index in [1.165, 1.54) is 0 Å². The molecule has 0 aromatic heterocycles. The third-order valence-corrected chi connectivity index (χ3v) is 3.43. The Morgan fingerprint density at radius 3 is 2.76 bits per heavy atom. The summed E-state index contributed by atoms with van der Waals surface area (Å²) in [7, 11) is 0. The van der Waals surface area contributed by atoms with Crippen LogP contribution >= 0.6 is 0 Å². The van der Waals surface area contributed by atoms with Gasteiger partial charge in [-0.05, 0) is 31.5 Å². The molecule has 21 heavy (non-hydrogen) atoms. The van der Waals surface area contributed by atoms with Crippen molar-refractivity contribution >= 4 is 5.91 Å². The Labute approximate surface area is 119 Å². The number of amides is 1. The van der Waals surface area contributed by atoms with Gasteiger partial charge in [-0.25, -0.2) is 4.39 Å². The smallest absolute Gasteiger partial charge is 0.348 e. The SMILES string of the molecule is O=C(NC1CCCCNC1)c1cccc(C(F)(F)F)c1F. The van der Waals surface area contributed by atoms with E-state index in [9.17, 15) is 22.4 Å². The molecule has 1 unspecified atom stereocenters. The lowest BCUT2D eigenvalue weighted by Crippen LogP contribution is -2.41. The molecule has 1 amide bonds. The van der Waals surface area contributed by atoms with Gasteiger partial charge in [0.1, 0.15) is 5.82 Å². The molecule has 3 nitrogen and oxygen atoms in total. The van der Waals surface area contributed by atoms with Crippen LogP contribution in [0.2, 0.25) is 0 Å². The second-order valence-corrected chi connectivity index (χ2v) is 5.04. The Bertz CT molecular complexity index is 508. The van der Waals surface area contributed by atoms with E-state index in [0.717, 1.165) is 37.9 Å². The molecule has 1 aliphatic rings. The van der Waals surface area contributed by atoms with Gasteiger partial charge in [-0.15, -0.1) is 0 Å². The average molecular weight is 304 g/mol. The molecule has 1 aromatic rings. The number of rotatable bonds is 2. The van der Waals surface area contributed by atoms with Crippen molar-refractivity contribution in [2.24, 2.45) is 0 Å². The molecular formula is C14H16F4N2O. The van der Waals surface area contributed by atoms with Crippen LogP contribution in [0.15, 0.2) is 18.2 Å². The number of carbonyl (C=O) groups is 1. The topological polar surface area (TPSA) is 41.1 Å². The normalized spacial score (nSPS) is 19.9. The maximum atomic E-state index is 13.9. The Morgan fingerprint density at radius 2 is 2.05 bits per heavy atom. The maximum absolute atomic E-state index is 13.9. The van der Waals surface area contributed by atoms with E-state index in [0.29, 0.717) is 12.6 Å². The van der Waals surface area contributed by atoms with Gasteiger partial charge in [0, 0.05) is 12.6 Å². The quantitative estimate of drug-likeness (QED) is 0.825. The standard InChI is InChI=1S/C14H16F4N2O/c15-12-10(5-3-6-11(12)14(16,17)18)13(21)20-9-4-1-2-7-19-8-9/h3,5-6,9,19H,1-2,4,7-8H2,(H,20,21). The van der Waals surface area contributed by atoms with Gasteiger partial charge in [0.15, 0.2) is 0 Å². The Morgan fingerprint density at radius 1 is 1.29 bits per heavy atom. The summed E-state index contributed by atoms with van der Waals surface area (Å²) in [5.74, 6) is -2.34. The summed E-state index contributed by atoms with van der Waals surface area (Å²) in [6, 6.07) is 2.52. The van der Waals surface area contributed by atoms with Crippen LogP contribution in [0.4, 0.5) is 17.6 Å². The molecule has 1 fully saturated rings. The van der Waals surface area contributed by atoms with Crippen LogP contribution in [-0.2, 0) is 6.18 Å². The lowest BCUT2D eigenvalue weighted by molar-refractivity contribution is -0.140.